The smallest absolute Gasteiger partial charge is 0.183 e. The lowest BCUT2D eigenvalue weighted by Crippen LogP contribution is -2.09. The van der Waals surface area contributed by atoms with Crippen LogP contribution in [0.5, 0.6) is 5.75 Å². The van der Waals surface area contributed by atoms with E-state index in [9.17, 15) is 13.5 Å². The minimum Gasteiger partial charge on any atom is -0.507 e. The maximum atomic E-state index is 13.2. The van der Waals surface area contributed by atoms with Gasteiger partial charge in [-0.1, -0.05) is 73.3 Å². The van der Waals surface area contributed by atoms with Crippen LogP contribution in [0.1, 0.15) is 11.1 Å². The highest BCUT2D eigenvalue weighted by molar-refractivity contribution is 7.90. The molecule has 0 unspecified atom stereocenters. The highest BCUT2D eigenvalue weighted by atomic mass is 32.2. The van der Waals surface area contributed by atoms with Crippen molar-refractivity contribution in [2.75, 3.05) is 0 Å². The van der Waals surface area contributed by atoms with Gasteiger partial charge in [-0.2, -0.15) is 0 Å². The molecule has 0 aliphatic carbocycles. The maximum absolute atomic E-state index is 13.2. The molecule has 25 heavy (non-hydrogen) atoms. The number of benzene rings is 3. The van der Waals surface area contributed by atoms with Crippen LogP contribution in [0.15, 0.2) is 84.3 Å². The lowest BCUT2D eigenvalue weighted by molar-refractivity contribution is 0.475. The van der Waals surface area contributed by atoms with E-state index in [1.807, 2.05) is 24.3 Å². The van der Waals surface area contributed by atoms with Gasteiger partial charge in [0.25, 0.3) is 0 Å². The highest BCUT2D eigenvalue weighted by Gasteiger charge is 2.25. The third-order valence-corrected chi connectivity index (χ3v) is 5.73. The Kier molecular flexibility index (Phi) is 4.72. The Morgan fingerprint density at radius 3 is 2.08 bits per heavy atom. The van der Waals surface area contributed by atoms with Crippen LogP contribution in [0.2, 0.25) is 0 Å². The molecule has 3 aromatic rings. The van der Waals surface area contributed by atoms with E-state index in [0.29, 0.717) is 22.3 Å². The van der Waals surface area contributed by atoms with Crippen molar-refractivity contribution in [3.8, 4) is 16.9 Å². The van der Waals surface area contributed by atoms with Gasteiger partial charge < -0.3 is 5.11 Å². The van der Waals surface area contributed by atoms with Crippen LogP contribution in [0.25, 0.3) is 17.2 Å². The summed E-state index contributed by atoms with van der Waals surface area (Å²) >= 11 is 0. The van der Waals surface area contributed by atoms with Gasteiger partial charge in [-0.3, -0.25) is 0 Å². The average molecular weight is 350 g/mol. The van der Waals surface area contributed by atoms with Crippen LogP contribution in [-0.2, 0) is 15.6 Å². The molecule has 0 spiro atoms. The van der Waals surface area contributed by atoms with E-state index in [1.54, 1.807) is 42.5 Å². The molecule has 3 rings (SSSR count). The standard InChI is InChI=1S/C21H18O3S/c1-2-17-13-14-19(22)20(18-11-7-4-8-12-18)21(17)25(23,24)15-16-9-5-3-6-10-16/h2-14,22H,1,15H2. The summed E-state index contributed by atoms with van der Waals surface area (Å²) in [4.78, 5) is 0.109. The molecular weight excluding hydrogens is 332 g/mol. The Bertz CT molecular complexity index is 992. The molecule has 0 atom stereocenters. The van der Waals surface area contributed by atoms with Crippen molar-refractivity contribution in [1.29, 1.82) is 0 Å². The summed E-state index contributed by atoms with van der Waals surface area (Å²) in [6.45, 7) is 3.73. The van der Waals surface area contributed by atoms with E-state index >= 15 is 0 Å². The second-order valence-corrected chi connectivity index (χ2v) is 7.62. The van der Waals surface area contributed by atoms with Gasteiger partial charge >= 0.3 is 0 Å². The Morgan fingerprint density at radius 1 is 0.880 bits per heavy atom. The number of phenolic OH excluding ortho intramolecular Hbond substituents is 1. The van der Waals surface area contributed by atoms with Gasteiger partial charge in [0, 0.05) is 5.56 Å². The predicted molar refractivity (Wildman–Crippen MR) is 101 cm³/mol. The van der Waals surface area contributed by atoms with E-state index in [1.165, 1.54) is 12.1 Å². The molecule has 3 aromatic carbocycles. The molecule has 0 amide bonds. The van der Waals surface area contributed by atoms with Gasteiger partial charge in [0.1, 0.15) is 5.75 Å². The van der Waals surface area contributed by atoms with E-state index < -0.39 is 9.84 Å². The van der Waals surface area contributed by atoms with Gasteiger partial charge in [-0.25, -0.2) is 8.42 Å². The van der Waals surface area contributed by atoms with Crippen LogP contribution in [0.4, 0.5) is 0 Å². The zero-order valence-electron chi connectivity index (χ0n) is 13.6. The summed E-state index contributed by atoms with van der Waals surface area (Å²) in [5, 5.41) is 10.4. The molecule has 0 aliphatic rings. The van der Waals surface area contributed by atoms with Crippen LogP contribution >= 0.6 is 0 Å². The van der Waals surface area contributed by atoms with Gasteiger partial charge in [0.05, 0.1) is 10.6 Å². The first-order chi connectivity index (χ1) is 12.0. The average Bonchev–Trinajstić information content (AvgIpc) is 2.62. The molecule has 0 fully saturated rings. The lowest BCUT2D eigenvalue weighted by Gasteiger charge is -2.15. The number of aromatic hydroxyl groups is 1. The van der Waals surface area contributed by atoms with Gasteiger partial charge in [0.15, 0.2) is 9.84 Å². The van der Waals surface area contributed by atoms with Gasteiger partial charge in [0.2, 0.25) is 0 Å². The van der Waals surface area contributed by atoms with Crippen LogP contribution in [0.3, 0.4) is 0 Å². The zero-order valence-corrected chi connectivity index (χ0v) is 14.4. The Balaban J connectivity index is 2.24. The van der Waals surface area contributed by atoms with Crippen molar-refractivity contribution in [2.24, 2.45) is 0 Å². The van der Waals surface area contributed by atoms with Gasteiger partial charge in [-0.05, 0) is 28.8 Å². The summed E-state index contributed by atoms with van der Waals surface area (Å²) in [7, 11) is -3.69. The van der Waals surface area contributed by atoms with E-state index in [-0.39, 0.29) is 16.4 Å². The fourth-order valence-electron chi connectivity index (χ4n) is 2.83. The van der Waals surface area contributed by atoms with E-state index in [0.717, 1.165) is 0 Å². The van der Waals surface area contributed by atoms with Crippen LogP contribution in [0, 0.1) is 0 Å². The summed E-state index contributed by atoms with van der Waals surface area (Å²) in [5.74, 6) is -0.207. The molecule has 0 saturated carbocycles. The first-order valence-corrected chi connectivity index (χ1v) is 9.48. The molecule has 1 N–H and O–H groups in total. The molecule has 0 heterocycles. The van der Waals surface area contributed by atoms with Crippen molar-refractivity contribution in [2.45, 2.75) is 10.6 Å². The fourth-order valence-corrected chi connectivity index (χ4v) is 4.65. The van der Waals surface area contributed by atoms with Crippen molar-refractivity contribution in [1.82, 2.24) is 0 Å². The zero-order chi connectivity index (χ0) is 17.9. The van der Waals surface area contributed by atoms with Crippen molar-refractivity contribution in [3.05, 3.63) is 90.5 Å². The molecule has 3 nitrogen and oxygen atoms in total. The molecule has 0 aromatic heterocycles. The first-order valence-electron chi connectivity index (χ1n) is 7.83. The maximum Gasteiger partial charge on any atom is 0.183 e. The first kappa shape index (κ1) is 17.0. The summed E-state index contributed by atoms with van der Waals surface area (Å²) < 4.78 is 26.3. The number of phenols is 1. The SMILES string of the molecule is C=Cc1ccc(O)c(-c2ccccc2)c1S(=O)(=O)Cc1ccccc1. The van der Waals surface area contributed by atoms with Crippen LogP contribution in [-0.4, -0.2) is 13.5 Å². The molecular formula is C21H18O3S. The molecule has 126 valence electrons. The van der Waals surface area contributed by atoms with E-state index in [4.69, 9.17) is 0 Å². The molecule has 0 aliphatic heterocycles. The third-order valence-electron chi connectivity index (χ3n) is 3.96. The summed E-state index contributed by atoms with van der Waals surface area (Å²) in [5.41, 5.74) is 2.14. The normalized spacial score (nSPS) is 11.2. The molecule has 0 radical (unpaired) electrons. The second-order valence-electron chi connectivity index (χ2n) is 5.69. The monoisotopic (exact) mass is 350 g/mol. The molecule has 0 bridgehead atoms. The number of hydrogen-bond donors (Lipinski definition) is 1. The predicted octanol–water partition coefficient (Wildman–Crippen LogP) is 4.68. The number of hydrogen-bond acceptors (Lipinski definition) is 3. The van der Waals surface area contributed by atoms with Crippen molar-refractivity contribution in [3.63, 3.8) is 0 Å². The minimum absolute atomic E-state index is 0.0663. The number of sulfone groups is 1. The minimum atomic E-state index is -3.69. The van der Waals surface area contributed by atoms with Gasteiger partial charge in [-0.15, -0.1) is 0 Å². The molecule has 0 saturated heterocycles. The lowest BCUT2D eigenvalue weighted by atomic mass is 10.0. The topological polar surface area (TPSA) is 54.4 Å². The van der Waals surface area contributed by atoms with Crippen molar-refractivity contribution < 1.29 is 13.5 Å². The van der Waals surface area contributed by atoms with E-state index in [2.05, 4.69) is 6.58 Å². The summed E-state index contributed by atoms with van der Waals surface area (Å²) in [6.07, 6.45) is 1.50. The largest absolute Gasteiger partial charge is 0.507 e. The Morgan fingerprint density at radius 2 is 1.48 bits per heavy atom. The highest BCUT2D eigenvalue weighted by Crippen LogP contribution is 2.39. The Hall–Kier alpha value is -2.85. The summed E-state index contributed by atoms with van der Waals surface area (Å²) in [6, 6.07) is 21.1. The third kappa shape index (κ3) is 3.49. The Labute approximate surface area is 147 Å². The fraction of sp³-hybridized carbons (Fsp3) is 0.0476. The number of rotatable bonds is 5. The molecule has 4 heteroatoms. The van der Waals surface area contributed by atoms with Crippen molar-refractivity contribution >= 4 is 15.9 Å². The second kappa shape index (κ2) is 6.95. The van der Waals surface area contributed by atoms with Crippen LogP contribution < -0.4 is 0 Å². The quantitative estimate of drug-likeness (QED) is 0.727.